The van der Waals surface area contributed by atoms with Crippen LogP contribution < -0.4 is 5.32 Å². The zero-order valence-electron chi connectivity index (χ0n) is 18.4. The van der Waals surface area contributed by atoms with E-state index in [-0.39, 0.29) is 24.1 Å². The summed E-state index contributed by atoms with van der Waals surface area (Å²) in [6.45, 7) is 3.01. The molecule has 2 aliphatic rings. The Kier molecular flexibility index (Phi) is 7.23. The summed E-state index contributed by atoms with van der Waals surface area (Å²) in [5.74, 6) is -0.293. The van der Waals surface area contributed by atoms with E-state index in [1.54, 1.807) is 6.08 Å². The van der Waals surface area contributed by atoms with Gasteiger partial charge in [-0.2, -0.15) is 5.26 Å². The number of fused-ring (bicyclic) bond motifs is 1. The van der Waals surface area contributed by atoms with Crippen LogP contribution in [0.1, 0.15) is 44.1 Å². The van der Waals surface area contributed by atoms with Crippen molar-refractivity contribution in [2.24, 2.45) is 0 Å². The summed E-state index contributed by atoms with van der Waals surface area (Å²) in [5.41, 5.74) is 1.72. The van der Waals surface area contributed by atoms with E-state index in [9.17, 15) is 14.9 Å². The first kappa shape index (κ1) is 22.1. The lowest BCUT2D eigenvalue weighted by Gasteiger charge is -2.20. The molecule has 7 heteroatoms. The minimum atomic E-state index is -0.402. The maximum absolute atomic E-state index is 12.9. The van der Waals surface area contributed by atoms with Crippen LogP contribution in [0.25, 0.3) is 17.0 Å². The molecule has 2 amide bonds. The van der Waals surface area contributed by atoms with E-state index in [2.05, 4.69) is 5.32 Å². The third-order valence-corrected chi connectivity index (χ3v) is 6.26. The van der Waals surface area contributed by atoms with Gasteiger partial charge in [-0.1, -0.05) is 31.0 Å². The van der Waals surface area contributed by atoms with Crippen LogP contribution in [0.2, 0.25) is 0 Å². The zero-order valence-corrected chi connectivity index (χ0v) is 18.4. The van der Waals surface area contributed by atoms with Crippen molar-refractivity contribution in [3.05, 3.63) is 41.6 Å². The van der Waals surface area contributed by atoms with E-state index < -0.39 is 5.91 Å². The molecule has 3 heterocycles. The number of nitriles is 1. The third kappa shape index (κ3) is 5.20. The Labute approximate surface area is 188 Å². The maximum atomic E-state index is 12.9. The predicted molar refractivity (Wildman–Crippen MR) is 123 cm³/mol. The van der Waals surface area contributed by atoms with Crippen molar-refractivity contribution in [3.63, 3.8) is 0 Å². The smallest absolute Gasteiger partial charge is 0.262 e. The molecule has 1 aromatic carbocycles. The van der Waals surface area contributed by atoms with E-state index >= 15 is 0 Å². The number of carbonyl (C=O) groups is 2. The summed E-state index contributed by atoms with van der Waals surface area (Å²) in [6.07, 6.45) is 9.88. The second-order valence-corrected chi connectivity index (χ2v) is 8.54. The first-order valence-electron chi connectivity index (χ1n) is 11.5. The number of rotatable bonds is 6. The Morgan fingerprint density at radius 2 is 1.94 bits per heavy atom. The molecule has 0 bridgehead atoms. The molecule has 0 unspecified atom stereocenters. The molecule has 0 radical (unpaired) electrons. The number of nitrogens with one attached hydrogen (secondary N) is 1. The highest BCUT2D eigenvalue weighted by molar-refractivity contribution is 6.04. The van der Waals surface area contributed by atoms with E-state index in [1.165, 1.54) is 12.8 Å². The number of amides is 2. The Morgan fingerprint density at radius 1 is 1.16 bits per heavy atom. The van der Waals surface area contributed by atoms with Crippen LogP contribution in [-0.2, 0) is 20.9 Å². The summed E-state index contributed by atoms with van der Waals surface area (Å²) in [4.78, 5) is 27.5. The van der Waals surface area contributed by atoms with Crippen molar-refractivity contribution >= 4 is 28.8 Å². The van der Waals surface area contributed by atoms with Crippen molar-refractivity contribution in [3.8, 4) is 6.07 Å². The molecule has 1 N–H and O–H groups in total. The van der Waals surface area contributed by atoms with Crippen LogP contribution in [0.3, 0.4) is 0 Å². The number of para-hydroxylation sites is 1. The number of benzene rings is 1. The minimum absolute atomic E-state index is 0.0193. The summed E-state index contributed by atoms with van der Waals surface area (Å²) in [5, 5.41) is 13.3. The second kappa shape index (κ2) is 10.5. The van der Waals surface area contributed by atoms with Gasteiger partial charge in [-0.15, -0.1) is 0 Å². The number of hydrogen-bond donors (Lipinski definition) is 1. The van der Waals surface area contributed by atoms with Crippen LogP contribution in [0.4, 0.5) is 0 Å². The highest BCUT2D eigenvalue weighted by Crippen LogP contribution is 2.24. The van der Waals surface area contributed by atoms with E-state index in [0.29, 0.717) is 6.54 Å². The van der Waals surface area contributed by atoms with E-state index in [0.717, 1.165) is 61.8 Å². The van der Waals surface area contributed by atoms with Gasteiger partial charge in [0.1, 0.15) is 18.2 Å². The van der Waals surface area contributed by atoms with Gasteiger partial charge in [0.25, 0.3) is 5.91 Å². The summed E-state index contributed by atoms with van der Waals surface area (Å²) >= 11 is 0. The molecule has 2 saturated heterocycles. The molecule has 1 atom stereocenters. The predicted octanol–water partition coefficient (Wildman–Crippen LogP) is 3.25. The molecule has 2 fully saturated rings. The normalized spacial score (nSPS) is 19.5. The second-order valence-electron chi connectivity index (χ2n) is 8.54. The lowest BCUT2D eigenvalue weighted by Crippen LogP contribution is -2.34. The van der Waals surface area contributed by atoms with Crippen LogP contribution >= 0.6 is 0 Å². The number of carbonyl (C=O) groups excluding carboxylic acids is 2. The van der Waals surface area contributed by atoms with Gasteiger partial charge >= 0.3 is 0 Å². The molecular formula is C25H30N4O3. The SMILES string of the molecule is N#C/C(=C\c1cn(CC(=O)N2CCCCCC2)c2ccccc12)C(=O)NC[C@@H]1CCCO1. The Balaban J connectivity index is 1.53. The molecular weight excluding hydrogens is 404 g/mol. The van der Waals surface area contributed by atoms with Gasteiger partial charge in [0, 0.05) is 48.9 Å². The summed E-state index contributed by atoms with van der Waals surface area (Å²) < 4.78 is 7.46. The van der Waals surface area contributed by atoms with E-state index in [1.807, 2.05) is 46.0 Å². The molecule has 32 heavy (non-hydrogen) atoms. The molecule has 0 aliphatic carbocycles. The third-order valence-electron chi connectivity index (χ3n) is 6.26. The van der Waals surface area contributed by atoms with Gasteiger partial charge in [0.15, 0.2) is 0 Å². The fourth-order valence-electron chi connectivity index (χ4n) is 4.50. The van der Waals surface area contributed by atoms with Crippen LogP contribution in [-0.4, -0.2) is 53.6 Å². The maximum Gasteiger partial charge on any atom is 0.262 e. The molecule has 0 saturated carbocycles. The average Bonchev–Trinajstić information content (AvgIpc) is 3.35. The molecule has 1 aromatic heterocycles. The van der Waals surface area contributed by atoms with Gasteiger partial charge < -0.3 is 19.5 Å². The lowest BCUT2D eigenvalue weighted by molar-refractivity contribution is -0.131. The first-order chi connectivity index (χ1) is 15.7. The molecule has 2 aliphatic heterocycles. The molecule has 0 spiro atoms. The van der Waals surface area contributed by atoms with E-state index in [4.69, 9.17) is 4.74 Å². The average molecular weight is 435 g/mol. The zero-order chi connectivity index (χ0) is 22.3. The number of nitrogens with zero attached hydrogens (tertiary/aromatic N) is 3. The Hall–Kier alpha value is -3.11. The lowest BCUT2D eigenvalue weighted by atomic mass is 10.1. The monoisotopic (exact) mass is 434 g/mol. The number of aromatic nitrogens is 1. The summed E-state index contributed by atoms with van der Waals surface area (Å²) in [7, 11) is 0. The van der Waals surface area contributed by atoms with Crippen LogP contribution in [0, 0.1) is 11.3 Å². The van der Waals surface area contributed by atoms with Gasteiger partial charge in [-0.3, -0.25) is 9.59 Å². The van der Waals surface area contributed by atoms with Crippen molar-refractivity contribution < 1.29 is 14.3 Å². The molecule has 2 aromatic rings. The van der Waals surface area contributed by atoms with Crippen molar-refractivity contribution in [1.82, 2.24) is 14.8 Å². The van der Waals surface area contributed by atoms with Gasteiger partial charge in [-0.25, -0.2) is 0 Å². The largest absolute Gasteiger partial charge is 0.376 e. The highest BCUT2D eigenvalue weighted by Gasteiger charge is 2.20. The van der Waals surface area contributed by atoms with Gasteiger partial charge in [0.05, 0.1) is 6.10 Å². The molecule has 168 valence electrons. The van der Waals surface area contributed by atoms with Gasteiger partial charge in [-0.05, 0) is 37.8 Å². The van der Waals surface area contributed by atoms with Crippen molar-refractivity contribution in [1.29, 1.82) is 5.26 Å². The number of likely N-dealkylation sites (tertiary alicyclic amines) is 1. The fraction of sp³-hybridized carbons (Fsp3) is 0.480. The van der Waals surface area contributed by atoms with Crippen LogP contribution in [0.15, 0.2) is 36.0 Å². The van der Waals surface area contributed by atoms with Gasteiger partial charge in [0.2, 0.25) is 5.91 Å². The van der Waals surface area contributed by atoms with Crippen molar-refractivity contribution in [2.75, 3.05) is 26.2 Å². The fourth-order valence-corrected chi connectivity index (χ4v) is 4.50. The minimum Gasteiger partial charge on any atom is -0.376 e. The Bertz CT molecular complexity index is 1040. The van der Waals surface area contributed by atoms with Crippen molar-refractivity contribution in [2.45, 2.75) is 51.2 Å². The Morgan fingerprint density at radius 3 is 2.66 bits per heavy atom. The molecule has 7 nitrogen and oxygen atoms in total. The highest BCUT2D eigenvalue weighted by atomic mass is 16.5. The molecule has 4 rings (SSSR count). The summed E-state index contributed by atoms with van der Waals surface area (Å²) in [6, 6.07) is 9.79. The van der Waals surface area contributed by atoms with Crippen LogP contribution in [0.5, 0.6) is 0 Å². The topological polar surface area (TPSA) is 87.4 Å². The first-order valence-corrected chi connectivity index (χ1v) is 11.5. The quantitative estimate of drug-likeness (QED) is 0.558. The number of hydrogen-bond acceptors (Lipinski definition) is 4. The standard InChI is InChI=1S/C25H30N4O3/c26-15-19(25(31)27-16-21-8-7-13-32-21)14-20-17-29(23-10-4-3-9-22(20)23)18-24(30)28-11-5-1-2-6-12-28/h3-4,9-10,14,17,21H,1-2,5-8,11-13,16,18H2,(H,27,31)/b19-14+/t21-/m0/s1. The number of ether oxygens (including phenoxy) is 1.